The molecule has 1 aromatic heterocycles. The molecule has 1 aliphatic heterocycles. The van der Waals surface area contributed by atoms with Crippen LogP contribution in [-0.2, 0) is 11.3 Å². The zero-order valence-corrected chi connectivity index (χ0v) is 12.7. The van der Waals surface area contributed by atoms with Gasteiger partial charge in [-0.25, -0.2) is 4.79 Å². The van der Waals surface area contributed by atoms with Crippen molar-refractivity contribution in [2.45, 2.75) is 50.2 Å². The third-order valence-electron chi connectivity index (χ3n) is 3.99. The summed E-state index contributed by atoms with van der Waals surface area (Å²) in [7, 11) is 0. The molecule has 4 atom stereocenters. The van der Waals surface area contributed by atoms with Gasteiger partial charge in [0.15, 0.2) is 0 Å². The Hall–Kier alpha value is -1.52. The van der Waals surface area contributed by atoms with Crippen molar-refractivity contribution in [1.82, 2.24) is 9.55 Å². The molecule has 9 nitrogen and oxygen atoms in total. The number of aromatic amines is 1. The van der Waals surface area contributed by atoms with Crippen LogP contribution in [0.1, 0.15) is 30.9 Å². The first kappa shape index (κ1) is 17.8. The Balaban J connectivity index is 2.22. The van der Waals surface area contributed by atoms with E-state index in [1.807, 2.05) is 0 Å². The second-order valence-electron chi connectivity index (χ2n) is 5.65. The van der Waals surface area contributed by atoms with E-state index in [0.717, 1.165) is 19.3 Å². The minimum Gasteiger partial charge on any atom is -0.394 e. The highest BCUT2D eigenvalue weighted by Gasteiger charge is 2.44. The molecule has 0 aliphatic carbocycles. The lowest BCUT2D eigenvalue weighted by molar-refractivity contribution is -0.0233. The lowest BCUT2D eigenvalue weighted by Crippen LogP contribution is -2.36. The fourth-order valence-corrected chi connectivity index (χ4v) is 2.65. The third kappa shape index (κ3) is 3.88. The zero-order valence-electron chi connectivity index (χ0n) is 12.7. The van der Waals surface area contributed by atoms with E-state index >= 15 is 0 Å². The summed E-state index contributed by atoms with van der Waals surface area (Å²) in [5, 5.41) is 28.9. The van der Waals surface area contributed by atoms with E-state index in [1.54, 1.807) is 0 Å². The van der Waals surface area contributed by atoms with E-state index in [2.05, 4.69) is 4.98 Å². The molecule has 0 unspecified atom stereocenters. The smallest absolute Gasteiger partial charge is 0.328 e. The summed E-state index contributed by atoms with van der Waals surface area (Å²) in [6.45, 7) is 0.497. The van der Waals surface area contributed by atoms with Gasteiger partial charge in [-0.2, -0.15) is 0 Å². The van der Waals surface area contributed by atoms with Crippen LogP contribution in [0.5, 0.6) is 0 Å². The SMILES string of the molecule is NCCCCCn1cc([C@@H]2O[C@H](CO)[C@@H](O)[C@H]2O)c(=O)[nH]c1=O. The Bertz CT molecular complexity index is 628. The van der Waals surface area contributed by atoms with E-state index in [0.29, 0.717) is 13.1 Å². The number of unbranched alkanes of at least 4 members (excludes halogenated alkanes) is 2. The molecule has 1 aliphatic rings. The monoisotopic (exact) mass is 329 g/mol. The minimum atomic E-state index is -1.35. The van der Waals surface area contributed by atoms with E-state index in [9.17, 15) is 19.8 Å². The van der Waals surface area contributed by atoms with Crippen LogP contribution in [0, 0.1) is 0 Å². The molecule has 0 saturated carbocycles. The van der Waals surface area contributed by atoms with E-state index in [1.165, 1.54) is 10.8 Å². The van der Waals surface area contributed by atoms with Crippen molar-refractivity contribution in [2.75, 3.05) is 13.2 Å². The number of nitrogens with zero attached hydrogens (tertiary/aromatic N) is 1. The molecule has 9 heteroatoms. The molecule has 1 saturated heterocycles. The maximum Gasteiger partial charge on any atom is 0.328 e. The van der Waals surface area contributed by atoms with Gasteiger partial charge in [0.2, 0.25) is 0 Å². The third-order valence-corrected chi connectivity index (χ3v) is 3.99. The van der Waals surface area contributed by atoms with Crippen LogP contribution < -0.4 is 17.0 Å². The summed E-state index contributed by atoms with van der Waals surface area (Å²) in [5.41, 5.74) is 4.24. The van der Waals surface area contributed by atoms with Crippen molar-refractivity contribution in [1.29, 1.82) is 0 Å². The Labute approximate surface area is 132 Å². The topological polar surface area (TPSA) is 151 Å². The van der Waals surface area contributed by atoms with Crippen molar-refractivity contribution in [3.8, 4) is 0 Å². The molecule has 23 heavy (non-hydrogen) atoms. The van der Waals surface area contributed by atoms with E-state index in [-0.39, 0.29) is 5.56 Å². The summed E-state index contributed by atoms with van der Waals surface area (Å²) >= 11 is 0. The highest BCUT2D eigenvalue weighted by atomic mass is 16.6. The van der Waals surface area contributed by atoms with Crippen molar-refractivity contribution >= 4 is 0 Å². The summed E-state index contributed by atoms with van der Waals surface area (Å²) in [5.74, 6) is 0. The van der Waals surface area contributed by atoms with Gasteiger partial charge < -0.3 is 30.4 Å². The van der Waals surface area contributed by atoms with Crippen LogP contribution >= 0.6 is 0 Å². The lowest BCUT2D eigenvalue weighted by atomic mass is 10.0. The maximum atomic E-state index is 12.0. The number of rotatable bonds is 7. The van der Waals surface area contributed by atoms with Gasteiger partial charge in [0.25, 0.3) is 5.56 Å². The Morgan fingerprint density at radius 3 is 2.57 bits per heavy atom. The largest absolute Gasteiger partial charge is 0.394 e. The standard InChI is InChI=1S/C14H23N3O6/c15-4-2-1-3-5-17-6-8(13(21)16-14(17)22)12-11(20)10(19)9(7-18)23-12/h6,9-12,18-20H,1-5,7,15H2,(H,16,21,22)/t9-,10-,11-,12+/m1/s1. The van der Waals surface area contributed by atoms with Crippen LogP contribution in [0.15, 0.2) is 15.8 Å². The number of aliphatic hydroxyl groups is 3. The number of aliphatic hydroxyl groups excluding tert-OH is 3. The Morgan fingerprint density at radius 1 is 1.22 bits per heavy atom. The number of aryl methyl sites for hydroxylation is 1. The van der Waals surface area contributed by atoms with Crippen LogP contribution in [-0.4, -0.2) is 56.3 Å². The molecule has 0 amide bonds. The number of hydrogen-bond donors (Lipinski definition) is 5. The molecular formula is C14H23N3O6. The van der Waals surface area contributed by atoms with Crippen LogP contribution in [0.2, 0.25) is 0 Å². The summed E-state index contributed by atoms with van der Waals surface area (Å²) in [4.78, 5) is 26.0. The Morgan fingerprint density at radius 2 is 1.96 bits per heavy atom. The summed E-state index contributed by atoms with van der Waals surface area (Å²) in [6, 6.07) is 0. The lowest BCUT2D eigenvalue weighted by Gasteiger charge is -2.15. The number of hydrogen-bond acceptors (Lipinski definition) is 7. The summed E-state index contributed by atoms with van der Waals surface area (Å²) < 4.78 is 6.67. The molecule has 0 spiro atoms. The quantitative estimate of drug-likeness (QED) is 0.357. The summed E-state index contributed by atoms with van der Waals surface area (Å²) in [6.07, 6.45) is -0.958. The van der Waals surface area contributed by atoms with Crippen molar-refractivity contribution in [3.63, 3.8) is 0 Å². The van der Waals surface area contributed by atoms with E-state index in [4.69, 9.17) is 15.6 Å². The maximum absolute atomic E-state index is 12.0. The predicted molar refractivity (Wildman–Crippen MR) is 80.9 cm³/mol. The normalized spacial score (nSPS) is 27.5. The molecule has 1 fully saturated rings. The number of aromatic nitrogens is 2. The number of nitrogens with one attached hydrogen (secondary N) is 1. The minimum absolute atomic E-state index is 0.0472. The van der Waals surface area contributed by atoms with Gasteiger partial charge in [0.1, 0.15) is 24.4 Å². The van der Waals surface area contributed by atoms with Gasteiger partial charge in [-0.3, -0.25) is 9.78 Å². The molecule has 1 aromatic rings. The number of ether oxygens (including phenoxy) is 1. The molecule has 0 aromatic carbocycles. The van der Waals surface area contributed by atoms with Gasteiger partial charge in [-0.15, -0.1) is 0 Å². The average molecular weight is 329 g/mol. The first-order chi connectivity index (χ1) is 11.0. The highest BCUT2D eigenvalue weighted by Crippen LogP contribution is 2.31. The van der Waals surface area contributed by atoms with Gasteiger partial charge in [0, 0.05) is 12.7 Å². The average Bonchev–Trinajstić information content (AvgIpc) is 2.81. The molecule has 0 radical (unpaired) electrons. The van der Waals surface area contributed by atoms with Crippen molar-refractivity contribution in [2.24, 2.45) is 5.73 Å². The molecule has 2 heterocycles. The first-order valence-electron chi connectivity index (χ1n) is 7.65. The number of H-pyrrole nitrogens is 1. The predicted octanol–water partition coefficient (Wildman–Crippen LogP) is -2.18. The molecular weight excluding hydrogens is 306 g/mol. The van der Waals surface area contributed by atoms with Gasteiger partial charge in [0.05, 0.1) is 12.2 Å². The van der Waals surface area contributed by atoms with Crippen LogP contribution in [0.3, 0.4) is 0 Å². The fraction of sp³-hybridized carbons (Fsp3) is 0.714. The first-order valence-corrected chi connectivity index (χ1v) is 7.65. The van der Waals surface area contributed by atoms with Crippen molar-refractivity contribution in [3.05, 3.63) is 32.6 Å². The highest BCUT2D eigenvalue weighted by molar-refractivity contribution is 5.14. The van der Waals surface area contributed by atoms with Gasteiger partial charge in [-0.05, 0) is 19.4 Å². The fourth-order valence-electron chi connectivity index (χ4n) is 2.65. The van der Waals surface area contributed by atoms with E-state index < -0.39 is 42.3 Å². The van der Waals surface area contributed by atoms with Gasteiger partial charge in [-0.1, -0.05) is 6.42 Å². The van der Waals surface area contributed by atoms with Gasteiger partial charge >= 0.3 is 5.69 Å². The zero-order chi connectivity index (χ0) is 17.0. The molecule has 6 N–H and O–H groups in total. The van der Waals surface area contributed by atoms with Crippen LogP contribution in [0.25, 0.3) is 0 Å². The molecule has 0 bridgehead atoms. The molecule has 130 valence electrons. The molecule has 2 rings (SSSR count). The number of nitrogens with two attached hydrogens (primary N) is 1. The second-order valence-corrected chi connectivity index (χ2v) is 5.65. The second kappa shape index (κ2) is 7.84. The van der Waals surface area contributed by atoms with Crippen LogP contribution in [0.4, 0.5) is 0 Å². The Kier molecular flexibility index (Phi) is 6.08. The van der Waals surface area contributed by atoms with Crippen molar-refractivity contribution < 1.29 is 20.1 Å².